The maximum absolute atomic E-state index is 12.0. The van der Waals surface area contributed by atoms with E-state index < -0.39 is 11.0 Å². The Bertz CT molecular complexity index is 733. The zero-order valence-electron chi connectivity index (χ0n) is 12.5. The number of nitro benzene ring substituents is 1. The van der Waals surface area contributed by atoms with Gasteiger partial charge in [-0.15, -0.1) is 0 Å². The van der Waals surface area contributed by atoms with Gasteiger partial charge >= 0.3 is 6.03 Å². The number of carbonyl (C=O) groups is 1. The summed E-state index contributed by atoms with van der Waals surface area (Å²) in [6.07, 6.45) is 0. The van der Waals surface area contributed by atoms with Crippen LogP contribution in [0.1, 0.15) is 0 Å². The van der Waals surface area contributed by atoms with Gasteiger partial charge < -0.3 is 20.1 Å². The van der Waals surface area contributed by atoms with Crippen LogP contribution < -0.4 is 20.1 Å². The predicted molar refractivity (Wildman–Crippen MR) is 85.3 cm³/mol. The number of hydrogen-bond donors (Lipinski definition) is 2. The van der Waals surface area contributed by atoms with Gasteiger partial charge in [-0.25, -0.2) is 4.79 Å². The van der Waals surface area contributed by atoms with E-state index in [-0.39, 0.29) is 11.4 Å². The van der Waals surface area contributed by atoms with Crippen LogP contribution in [0.25, 0.3) is 0 Å². The van der Waals surface area contributed by atoms with Crippen LogP contribution >= 0.6 is 0 Å². The fourth-order valence-corrected chi connectivity index (χ4v) is 1.89. The number of carbonyl (C=O) groups excluding carboxylic acids is 1. The van der Waals surface area contributed by atoms with Gasteiger partial charge in [-0.2, -0.15) is 0 Å². The van der Waals surface area contributed by atoms with Crippen LogP contribution in [0, 0.1) is 10.1 Å². The average Bonchev–Trinajstić information content (AvgIpc) is 2.54. The number of hydrogen-bond acceptors (Lipinski definition) is 5. The fourth-order valence-electron chi connectivity index (χ4n) is 1.89. The molecule has 0 atom stereocenters. The molecule has 0 spiro atoms. The SMILES string of the molecule is COc1cccc(NC(=O)Nc2cc([N+](=O)[O-])ccc2OC)c1. The highest BCUT2D eigenvalue weighted by atomic mass is 16.6. The normalized spacial score (nSPS) is 9.83. The lowest BCUT2D eigenvalue weighted by molar-refractivity contribution is -0.384. The zero-order chi connectivity index (χ0) is 16.8. The number of nitrogens with zero attached hydrogens (tertiary/aromatic N) is 1. The summed E-state index contributed by atoms with van der Waals surface area (Å²) in [5.41, 5.74) is 0.566. The number of rotatable bonds is 5. The molecular weight excluding hydrogens is 302 g/mol. The van der Waals surface area contributed by atoms with Gasteiger partial charge in [-0.1, -0.05) is 6.07 Å². The van der Waals surface area contributed by atoms with Crippen molar-refractivity contribution in [2.45, 2.75) is 0 Å². The smallest absolute Gasteiger partial charge is 0.323 e. The molecule has 2 rings (SSSR count). The number of nitrogens with one attached hydrogen (secondary N) is 2. The van der Waals surface area contributed by atoms with Crippen molar-refractivity contribution in [1.82, 2.24) is 0 Å². The Morgan fingerprint density at radius 2 is 1.87 bits per heavy atom. The Morgan fingerprint density at radius 1 is 1.09 bits per heavy atom. The minimum atomic E-state index is -0.558. The lowest BCUT2D eigenvalue weighted by Crippen LogP contribution is -2.19. The third kappa shape index (κ3) is 4.10. The standard InChI is InChI=1S/C15H15N3O5/c1-22-12-5-3-4-10(8-12)16-15(19)17-13-9-11(18(20)21)6-7-14(13)23-2/h3-9H,1-2H3,(H2,16,17,19). The molecule has 2 aromatic rings. The summed E-state index contributed by atoms with van der Waals surface area (Å²) in [6, 6.07) is 10.2. The molecule has 23 heavy (non-hydrogen) atoms. The van der Waals surface area contributed by atoms with Crippen LogP contribution in [-0.4, -0.2) is 25.2 Å². The molecule has 8 nitrogen and oxygen atoms in total. The van der Waals surface area contributed by atoms with Gasteiger partial charge in [0, 0.05) is 23.9 Å². The van der Waals surface area contributed by atoms with E-state index in [2.05, 4.69) is 10.6 Å². The maximum Gasteiger partial charge on any atom is 0.323 e. The highest BCUT2D eigenvalue weighted by molar-refractivity contribution is 6.01. The van der Waals surface area contributed by atoms with Crippen molar-refractivity contribution in [2.75, 3.05) is 24.9 Å². The Kier molecular flexibility index (Phi) is 4.98. The third-order valence-corrected chi connectivity index (χ3v) is 2.97. The molecule has 0 aliphatic rings. The Hall–Kier alpha value is -3.29. The molecule has 0 saturated carbocycles. The average molecular weight is 317 g/mol. The molecule has 0 fully saturated rings. The van der Waals surface area contributed by atoms with E-state index in [1.54, 1.807) is 24.3 Å². The second-order valence-corrected chi connectivity index (χ2v) is 4.45. The molecule has 2 aromatic carbocycles. The minimum Gasteiger partial charge on any atom is -0.497 e. The van der Waals surface area contributed by atoms with E-state index in [0.29, 0.717) is 17.2 Å². The number of amides is 2. The lowest BCUT2D eigenvalue weighted by Gasteiger charge is -2.11. The fraction of sp³-hybridized carbons (Fsp3) is 0.133. The summed E-state index contributed by atoms with van der Waals surface area (Å²) < 4.78 is 10.1. The van der Waals surface area contributed by atoms with Crippen molar-refractivity contribution >= 4 is 23.1 Å². The van der Waals surface area contributed by atoms with Crippen LogP contribution in [0.15, 0.2) is 42.5 Å². The molecule has 0 saturated heterocycles. The number of ether oxygens (including phenoxy) is 2. The summed E-state index contributed by atoms with van der Waals surface area (Å²) in [5, 5.41) is 16.0. The Labute approximate surface area is 132 Å². The number of methoxy groups -OCH3 is 2. The zero-order valence-corrected chi connectivity index (χ0v) is 12.5. The van der Waals surface area contributed by atoms with E-state index in [0.717, 1.165) is 0 Å². The van der Waals surface area contributed by atoms with Crippen LogP contribution in [-0.2, 0) is 0 Å². The van der Waals surface area contributed by atoms with Gasteiger partial charge in [-0.3, -0.25) is 10.1 Å². The third-order valence-electron chi connectivity index (χ3n) is 2.97. The number of non-ortho nitro benzene ring substituents is 1. The van der Waals surface area contributed by atoms with Crippen molar-refractivity contribution in [1.29, 1.82) is 0 Å². The van der Waals surface area contributed by atoms with E-state index in [9.17, 15) is 14.9 Å². The summed E-state index contributed by atoms with van der Waals surface area (Å²) in [5.74, 6) is 0.909. The van der Waals surface area contributed by atoms with E-state index in [1.807, 2.05) is 0 Å². The second kappa shape index (κ2) is 7.12. The molecule has 0 heterocycles. The quantitative estimate of drug-likeness (QED) is 0.651. The van der Waals surface area contributed by atoms with Gasteiger partial charge in [0.15, 0.2) is 0 Å². The van der Waals surface area contributed by atoms with E-state index in [1.165, 1.54) is 32.4 Å². The minimum absolute atomic E-state index is 0.150. The first-order valence-electron chi connectivity index (χ1n) is 6.58. The molecular formula is C15H15N3O5. The van der Waals surface area contributed by atoms with Crippen LogP contribution in [0.2, 0.25) is 0 Å². The molecule has 120 valence electrons. The van der Waals surface area contributed by atoms with Gasteiger partial charge in [0.1, 0.15) is 11.5 Å². The first kappa shape index (κ1) is 16.1. The number of urea groups is 1. The van der Waals surface area contributed by atoms with Crippen molar-refractivity contribution in [3.05, 3.63) is 52.6 Å². The molecule has 0 radical (unpaired) electrons. The Morgan fingerprint density at radius 3 is 2.52 bits per heavy atom. The van der Waals surface area contributed by atoms with E-state index in [4.69, 9.17) is 9.47 Å². The van der Waals surface area contributed by atoms with Crippen LogP contribution in [0.5, 0.6) is 11.5 Å². The summed E-state index contributed by atoms with van der Waals surface area (Å²) in [4.78, 5) is 22.3. The molecule has 0 aromatic heterocycles. The molecule has 0 aliphatic heterocycles. The number of nitro groups is 1. The van der Waals surface area contributed by atoms with Gasteiger partial charge in [0.25, 0.3) is 5.69 Å². The van der Waals surface area contributed by atoms with Gasteiger partial charge in [0.2, 0.25) is 0 Å². The van der Waals surface area contributed by atoms with Crippen molar-refractivity contribution in [2.24, 2.45) is 0 Å². The Balaban J connectivity index is 2.15. The van der Waals surface area contributed by atoms with Gasteiger partial charge in [0.05, 0.1) is 24.8 Å². The molecule has 8 heteroatoms. The first-order chi connectivity index (χ1) is 11.0. The monoisotopic (exact) mass is 317 g/mol. The molecule has 2 amide bonds. The molecule has 0 unspecified atom stereocenters. The van der Waals surface area contributed by atoms with Crippen LogP contribution in [0.4, 0.5) is 21.9 Å². The summed E-state index contributed by atoms with van der Waals surface area (Å²) in [6.45, 7) is 0. The highest BCUT2D eigenvalue weighted by Gasteiger charge is 2.13. The summed E-state index contributed by atoms with van der Waals surface area (Å²) in [7, 11) is 2.93. The maximum atomic E-state index is 12.0. The highest BCUT2D eigenvalue weighted by Crippen LogP contribution is 2.29. The molecule has 0 bridgehead atoms. The molecule has 2 N–H and O–H groups in total. The molecule has 0 aliphatic carbocycles. The summed E-state index contributed by atoms with van der Waals surface area (Å²) >= 11 is 0. The van der Waals surface area contributed by atoms with E-state index >= 15 is 0 Å². The largest absolute Gasteiger partial charge is 0.497 e. The van der Waals surface area contributed by atoms with Crippen molar-refractivity contribution in [3.63, 3.8) is 0 Å². The first-order valence-corrected chi connectivity index (χ1v) is 6.58. The second-order valence-electron chi connectivity index (χ2n) is 4.45. The van der Waals surface area contributed by atoms with Crippen LogP contribution in [0.3, 0.4) is 0 Å². The number of benzene rings is 2. The number of anilines is 2. The predicted octanol–water partition coefficient (Wildman–Crippen LogP) is 3.26. The topological polar surface area (TPSA) is 103 Å². The lowest BCUT2D eigenvalue weighted by atomic mass is 10.2. The van der Waals surface area contributed by atoms with Crippen molar-refractivity contribution < 1.29 is 19.2 Å². The van der Waals surface area contributed by atoms with Gasteiger partial charge in [-0.05, 0) is 18.2 Å². The van der Waals surface area contributed by atoms with Crippen molar-refractivity contribution in [3.8, 4) is 11.5 Å².